The van der Waals surface area contributed by atoms with E-state index in [0.717, 1.165) is 0 Å². The molecule has 0 radical (unpaired) electrons. The van der Waals surface area contributed by atoms with E-state index in [1.807, 2.05) is 6.92 Å². The molecule has 0 heterocycles. The molecule has 0 aliphatic rings. The van der Waals surface area contributed by atoms with Crippen LogP contribution in [0.5, 0.6) is 0 Å². The van der Waals surface area contributed by atoms with Gasteiger partial charge in [-0.3, -0.25) is 4.79 Å². The molecule has 0 amide bonds. The van der Waals surface area contributed by atoms with E-state index in [1.54, 1.807) is 0 Å². The average molecular weight is 159 g/mol. The van der Waals surface area contributed by atoms with Gasteiger partial charge in [-0.2, -0.15) is 0 Å². The fraction of sp³-hybridized carbons (Fsp3) is 0.667. The van der Waals surface area contributed by atoms with Crippen molar-refractivity contribution in [3.05, 3.63) is 0 Å². The van der Waals surface area contributed by atoms with Crippen molar-refractivity contribution in [1.82, 2.24) is 0 Å². The first kappa shape index (κ1) is 9.27. The Balaban J connectivity index is 3.48. The van der Waals surface area contributed by atoms with Gasteiger partial charge in [0, 0.05) is 6.42 Å². The number of carboxylic acids is 1. The molecule has 0 aromatic rings. The third-order valence-corrected chi connectivity index (χ3v) is 1.15. The number of hydrogen-bond donors (Lipinski definition) is 1. The maximum Gasteiger partial charge on any atom is 0.303 e. The third kappa shape index (κ3) is 5.41. The van der Waals surface area contributed by atoms with E-state index >= 15 is 0 Å². The van der Waals surface area contributed by atoms with Crippen LogP contribution in [0.1, 0.15) is 19.8 Å². The highest BCUT2D eigenvalue weighted by atomic mass is 32.1. The Bertz CT molecular complexity index is 163. The molecule has 4 heteroatoms. The molecular formula is C6H9NO2S. The lowest BCUT2D eigenvalue weighted by molar-refractivity contribution is -0.137. The van der Waals surface area contributed by atoms with Crippen LogP contribution in [0, 0.1) is 0 Å². The average Bonchev–Trinajstić information content (AvgIpc) is 1.85. The minimum Gasteiger partial charge on any atom is -0.481 e. The lowest BCUT2D eigenvalue weighted by atomic mass is 10.2. The van der Waals surface area contributed by atoms with E-state index in [1.165, 1.54) is 0 Å². The monoisotopic (exact) mass is 159 g/mol. The smallest absolute Gasteiger partial charge is 0.303 e. The number of carboxylic acid groups (broad SMARTS) is 1. The zero-order valence-electron chi connectivity index (χ0n) is 5.70. The van der Waals surface area contributed by atoms with Crippen molar-refractivity contribution >= 4 is 23.3 Å². The van der Waals surface area contributed by atoms with Crippen LogP contribution >= 0.6 is 12.2 Å². The molecule has 0 aliphatic heterocycles. The molecule has 1 N–H and O–H groups in total. The van der Waals surface area contributed by atoms with E-state index in [0.29, 0.717) is 6.42 Å². The predicted molar refractivity (Wildman–Crippen MR) is 41.4 cm³/mol. The van der Waals surface area contributed by atoms with Gasteiger partial charge in [0.15, 0.2) is 0 Å². The van der Waals surface area contributed by atoms with Crippen LogP contribution in [0.25, 0.3) is 0 Å². The van der Waals surface area contributed by atoms with Crippen LogP contribution in [0.4, 0.5) is 0 Å². The van der Waals surface area contributed by atoms with Gasteiger partial charge in [0.05, 0.1) is 11.2 Å². The molecule has 0 bridgehead atoms. The number of thiocarbonyl (C=S) groups is 1. The molecule has 0 saturated heterocycles. The van der Waals surface area contributed by atoms with E-state index in [4.69, 9.17) is 5.11 Å². The van der Waals surface area contributed by atoms with Gasteiger partial charge in [0.1, 0.15) is 0 Å². The van der Waals surface area contributed by atoms with Gasteiger partial charge in [-0.25, -0.2) is 4.99 Å². The third-order valence-electron chi connectivity index (χ3n) is 1.05. The highest BCUT2D eigenvalue weighted by Crippen LogP contribution is 1.99. The van der Waals surface area contributed by atoms with Gasteiger partial charge in [-0.1, -0.05) is 0 Å². The zero-order chi connectivity index (χ0) is 7.98. The molecule has 10 heavy (non-hydrogen) atoms. The van der Waals surface area contributed by atoms with E-state index in [9.17, 15) is 4.79 Å². The number of aliphatic imine (C=N–C) groups is 1. The van der Waals surface area contributed by atoms with Crippen molar-refractivity contribution in [3.8, 4) is 0 Å². The first-order valence-electron chi connectivity index (χ1n) is 2.95. The SMILES string of the molecule is CC(CCC(=O)O)N=C=S. The van der Waals surface area contributed by atoms with Crippen molar-refractivity contribution in [3.63, 3.8) is 0 Å². The summed E-state index contributed by atoms with van der Waals surface area (Å²) >= 11 is 4.34. The Labute approximate surface area is 64.8 Å². The highest BCUT2D eigenvalue weighted by molar-refractivity contribution is 7.78. The van der Waals surface area contributed by atoms with Crippen molar-refractivity contribution in [1.29, 1.82) is 0 Å². The quantitative estimate of drug-likeness (QED) is 0.497. The highest BCUT2D eigenvalue weighted by Gasteiger charge is 2.01. The van der Waals surface area contributed by atoms with E-state index in [-0.39, 0.29) is 12.5 Å². The summed E-state index contributed by atoms with van der Waals surface area (Å²) in [4.78, 5) is 13.7. The number of aliphatic carboxylic acids is 1. The van der Waals surface area contributed by atoms with Gasteiger partial charge in [0.2, 0.25) is 0 Å². The summed E-state index contributed by atoms with van der Waals surface area (Å²) in [7, 11) is 0. The summed E-state index contributed by atoms with van der Waals surface area (Å²) in [6.45, 7) is 1.81. The van der Waals surface area contributed by atoms with Gasteiger partial charge in [0.25, 0.3) is 0 Å². The molecule has 0 aromatic heterocycles. The Kier molecular flexibility index (Phi) is 4.72. The first-order chi connectivity index (χ1) is 4.66. The summed E-state index contributed by atoms with van der Waals surface area (Å²) in [6.07, 6.45) is 0.667. The summed E-state index contributed by atoms with van der Waals surface area (Å²) in [5, 5.41) is 10.4. The fourth-order valence-corrected chi connectivity index (χ4v) is 0.667. The Morgan fingerprint density at radius 2 is 2.50 bits per heavy atom. The van der Waals surface area contributed by atoms with Crippen LogP contribution in [-0.2, 0) is 4.79 Å². The molecule has 0 aromatic carbocycles. The molecule has 56 valence electrons. The zero-order valence-corrected chi connectivity index (χ0v) is 6.52. The number of nitrogens with zero attached hydrogens (tertiary/aromatic N) is 1. The van der Waals surface area contributed by atoms with E-state index in [2.05, 4.69) is 22.4 Å². The predicted octanol–water partition coefficient (Wildman–Crippen LogP) is 1.34. The number of rotatable bonds is 4. The molecule has 0 rings (SSSR count). The van der Waals surface area contributed by atoms with Crippen LogP contribution < -0.4 is 0 Å². The van der Waals surface area contributed by atoms with E-state index < -0.39 is 5.97 Å². The minimum absolute atomic E-state index is 0.0198. The maximum absolute atomic E-state index is 10.0. The van der Waals surface area contributed by atoms with Crippen molar-refractivity contribution in [2.45, 2.75) is 25.8 Å². The molecule has 1 atom stereocenters. The van der Waals surface area contributed by atoms with Crippen molar-refractivity contribution in [2.75, 3.05) is 0 Å². The normalized spacial score (nSPS) is 11.7. The summed E-state index contributed by atoms with van der Waals surface area (Å²) in [5.74, 6) is -0.800. The Morgan fingerprint density at radius 1 is 1.90 bits per heavy atom. The number of carbonyl (C=O) groups is 1. The van der Waals surface area contributed by atoms with Gasteiger partial charge < -0.3 is 5.11 Å². The maximum atomic E-state index is 10.0. The van der Waals surface area contributed by atoms with Gasteiger partial charge in [-0.15, -0.1) is 0 Å². The second-order valence-electron chi connectivity index (χ2n) is 2.00. The minimum atomic E-state index is -0.800. The summed E-state index contributed by atoms with van der Waals surface area (Å²) < 4.78 is 0. The molecule has 0 fully saturated rings. The molecule has 3 nitrogen and oxygen atoms in total. The van der Waals surface area contributed by atoms with Gasteiger partial charge >= 0.3 is 5.97 Å². The van der Waals surface area contributed by atoms with Crippen LogP contribution in [-0.4, -0.2) is 22.3 Å². The molecule has 0 saturated carbocycles. The standard InChI is InChI=1S/C6H9NO2S/c1-5(7-4-10)2-3-6(8)9/h5H,2-3H2,1H3,(H,8,9). The lowest BCUT2D eigenvalue weighted by Gasteiger charge is -1.98. The van der Waals surface area contributed by atoms with Crippen LogP contribution in [0.2, 0.25) is 0 Å². The second kappa shape index (κ2) is 5.09. The second-order valence-corrected chi connectivity index (χ2v) is 2.18. The summed E-state index contributed by atoms with van der Waals surface area (Å²) in [5.41, 5.74) is 0. The summed E-state index contributed by atoms with van der Waals surface area (Å²) in [6, 6.07) is -0.0198. The Hall–Kier alpha value is -0.730. The fourth-order valence-electron chi connectivity index (χ4n) is 0.487. The molecule has 0 spiro atoms. The largest absolute Gasteiger partial charge is 0.481 e. The first-order valence-corrected chi connectivity index (χ1v) is 3.36. The number of hydrogen-bond acceptors (Lipinski definition) is 3. The molecular weight excluding hydrogens is 150 g/mol. The van der Waals surface area contributed by atoms with Gasteiger partial charge in [-0.05, 0) is 25.6 Å². The molecule has 1 unspecified atom stereocenters. The van der Waals surface area contributed by atoms with Crippen molar-refractivity contribution in [2.24, 2.45) is 4.99 Å². The number of isothiocyanates is 1. The van der Waals surface area contributed by atoms with Crippen molar-refractivity contribution < 1.29 is 9.90 Å². The van der Waals surface area contributed by atoms with Crippen LogP contribution in [0.15, 0.2) is 4.99 Å². The molecule has 0 aliphatic carbocycles. The topological polar surface area (TPSA) is 49.7 Å². The Morgan fingerprint density at radius 3 is 2.90 bits per heavy atom. The van der Waals surface area contributed by atoms with Crippen LogP contribution in [0.3, 0.4) is 0 Å². The lowest BCUT2D eigenvalue weighted by Crippen LogP contribution is -2.02.